The van der Waals surface area contributed by atoms with Crippen molar-refractivity contribution >= 4 is 61.3 Å². The van der Waals surface area contributed by atoms with Gasteiger partial charge in [0.25, 0.3) is 0 Å². The molecule has 1 fully saturated rings. The Hall–Kier alpha value is -2.97. The van der Waals surface area contributed by atoms with Crippen molar-refractivity contribution in [3.63, 3.8) is 0 Å². The fraction of sp³-hybridized carbons (Fsp3) is 0.462. The third-order valence-corrected chi connectivity index (χ3v) is 83.7. The van der Waals surface area contributed by atoms with E-state index >= 15 is 0 Å². The summed E-state index contributed by atoms with van der Waals surface area (Å²) in [6.45, 7) is 38.5. The Balaban J connectivity index is 1.57. The predicted octanol–water partition coefficient (Wildman–Crippen LogP) is 14.3. The van der Waals surface area contributed by atoms with E-state index in [0.29, 0.717) is 47.3 Å². The summed E-state index contributed by atoms with van der Waals surface area (Å²) in [6.07, 6.45) is 10.3. The van der Waals surface area contributed by atoms with Gasteiger partial charge < -0.3 is 0 Å². The first-order valence-electron chi connectivity index (χ1n) is 22.8. The number of rotatable bonds is 12. The van der Waals surface area contributed by atoms with Crippen molar-refractivity contribution in [3.8, 4) is 0 Å². The first-order valence-corrected chi connectivity index (χ1v) is 36.5. The molecule has 0 atom stereocenters. The second-order valence-electron chi connectivity index (χ2n) is 19.8. The molecule has 0 radical (unpaired) electrons. The van der Waals surface area contributed by atoms with Gasteiger partial charge in [-0.25, -0.2) is 0 Å². The summed E-state index contributed by atoms with van der Waals surface area (Å²) in [4.78, 5) is 0. The molecule has 0 amide bonds. The van der Waals surface area contributed by atoms with Crippen molar-refractivity contribution in [3.05, 3.63) is 142 Å². The van der Waals surface area contributed by atoms with Crippen molar-refractivity contribution in [1.82, 2.24) is 0 Å². The van der Waals surface area contributed by atoms with Crippen molar-refractivity contribution in [2.45, 2.75) is 158 Å². The summed E-state index contributed by atoms with van der Waals surface area (Å²) in [6, 6.07) is 28.8. The molecule has 4 aromatic rings. The van der Waals surface area contributed by atoms with Gasteiger partial charge in [-0.1, -0.05) is 0 Å². The second-order valence-corrected chi connectivity index (χ2v) is 55.4. The van der Waals surface area contributed by atoms with Gasteiger partial charge in [0, 0.05) is 0 Å². The summed E-state index contributed by atoms with van der Waals surface area (Å²) in [5.41, 5.74) is 13.0. The second kappa shape index (κ2) is 17.3. The van der Waals surface area contributed by atoms with Crippen LogP contribution in [0.25, 0.3) is 0 Å². The van der Waals surface area contributed by atoms with Gasteiger partial charge in [-0.2, -0.15) is 0 Å². The van der Waals surface area contributed by atoms with Gasteiger partial charge in [0.15, 0.2) is 0 Å². The Morgan fingerprint density at radius 1 is 0.283 bits per heavy atom. The van der Waals surface area contributed by atoms with E-state index in [0.717, 1.165) is 0 Å². The number of anilines is 4. The van der Waals surface area contributed by atoms with Crippen LogP contribution in [0.5, 0.6) is 0 Å². The minimum atomic E-state index is -2.48. The van der Waals surface area contributed by atoms with Crippen LogP contribution in [0.15, 0.2) is 97.6 Å². The number of hydrogen-bond donors (Lipinski definition) is 0. The Morgan fingerprint density at radius 2 is 0.433 bits per heavy atom. The molecule has 60 heavy (non-hydrogen) atoms. The van der Waals surface area contributed by atoms with E-state index in [4.69, 9.17) is 0 Å². The topological polar surface area (TPSA) is 13.0 Å². The molecule has 320 valence electrons. The van der Waals surface area contributed by atoms with Gasteiger partial charge >= 0.3 is 380 Å². The molecule has 7 rings (SSSR count). The van der Waals surface area contributed by atoms with E-state index in [-0.39, 0.29) is 27.4 Å². The minimum absolute atomic E-state index is 0.278. The third-order valence-electron chi connectivity index (χ3n) is 12.8. The summed E-state index contributed by atoms with van der Waals surface area (Å²) < 4.78 is 11.9. The molecule has 1 saturated heterocycles. The molecule has 8 heteroatoms. The molecule has 3 aliphatic heterocycles. The standard InChI is InChI=1S/C52H72N4Se2Si2/c1-33(2)41-21-17-22-42(34(3)4)49(41)53-29-30-54(50-43(35(5)6)23-18-24-44(50)36(7)8)59(53)57-60(58-59)55(51-45(37(9)10)25-19-26-46(51)38(11)12)31-32-56(60)52-47(39(13)14)27-20-28-48(52)40(15)16/h17-40H,1-16H3. The zero-order chi connectivity index (χ0) is 43.6. The van der Waals surface area contributed by atoms with E-state index < -0.39 is 11.2 Å². The molecule has 4 nitrogen and oxygen atoms in total. The molecule has 0 N–H and O–H groups in total. The van der Waals surface area contributed by atoms with Gasteiger partial charge in [-0.05, 0) is 0 Å². The Morgan fingerprint density at radius 3 is 0.567 bits per heavy atom. The van der Waals surface area contributed by atoms with Crippen molar-refractivity contribution in [1.29, 1.82) is 0 Å². The van der Waals surface area contributed by atoms with E-state index in [1.165, 1.54) is 67.3 Å². The number of benzene rings is 4. The van der Waals surface area contributed by atoms with Crippen molar-refractivity contribution in [2.24, 2.45) is 0 Å². The molecule has 4 aromatic carbocycles. The zero-order valence-corrected chi connectivity index (χ0v) is 44.9. The van der Waals surface area contributed by atoms with Crippen LogP contribution < -0.4 is 18.3 Å². The van der Waals surface area contributed by atoms with Crippen LogP contribution in [-0.2, 0) is 0 Å². The molecule has 3 aliphatic rings. The third kappa shape index (κ3) is 7.43. The number of para-hydroxylation sites is 4. The molecular weight excluding hydrogens is 895 g/mol. The summed E-state index contributed by atoms with van der Waals surface area (Å²) in [5.74, 6) is 3.38. The first kappa shape index (κ1) is 45.1. The summed E-state index contributed by atoms with van der Waals surface area (Å²) in [5, 5.41) is 0. The molecule has 0 bridgehead atoms. The maximum absolute atomic E-state index is 2.99. The molecule has 0 aliphatic carbocycles. The normalized spacial score (nSPS) is 17.1. The van der Waals surface area contributed by atoms with Crippen LogP contribution in [-0.4, -0.2) is 38.6 Å². The molecule has 0 unspecified atom stereocenters. The SMILES string of the molecule is CC(C)c1cccc(C(C)C)c1N1C=CN(c2c(C(C)C)cccc2C(C)C)[Si]12[Se][Si]1([Se]2)N(c2c(C(C)C)cccc2C(C)C)C=CN1c1c(C(C)C)cccc1C(C)C. The van der Waals surface area contributed by atoms with Crippen molar-refractivity contribution < 1.29 is 0 Å². The van der Waals surface area contributed by atoms with Gasteiger partial charge in [-0.15, -0.1) is 0 Å². The average molecular weight is 967 g/mol. The monoisotopic (exact) mass is 968 g/mol. The van der Waals surface area contributed by atoms with Gasteiger partial charge in [0.2, 0.25) is 0 Å². The van der Waals surface area contributed by atoms with Crippen LogP contribution in [0.3, 0.4) is 0 Å². The van der Waals surface area contributed by atoms with E-state index in [1.807, 2.05) is 0 Å². The molecular formula is C52H72N4Se2Si2. The van der Waals surface area contributed by atoms with Gasteiger partial charge in [-0.3, -0.25) is 0 Å². The van der Waals surface area contributed by atoms with Crippen LogP contribution in [0.1, 0.15) is 203 Å². The van der Waals surface area contributed by atoms with Gasteiger partial charge in [0.1, 0.15) is 0 Å². The molecule has 0 aromatic heterocycles. The predicted molar refractivity (Wildman–Crippen MR) is 270 cm³/mol. The summed E-state index contributed by atoms with van der Waals surface area (Å²) in [7, 11) is 0. The quantitative estimate of drug-likeness (QED) is 0.131. The maximum atomic E-state index is 2.99. The Kier molecular flexibility index (Phi) is 13.0. The van der Waals surface area contributed by atoms with Gasteiger partial charge in [0.05, 0.1) is 0 Å². The average Bonchev–Trinajstić information content (AvgIpc) is 3.76. The molecule has 0 saturated carbocycles. The molecule has 3 heterocycles. The fourth-order valence-corrected chi connectivity index (χ4v) is 92.6. The molecule has 2 spiro atoms. The fourth-order valence-electron chi connectivity index (χ4n) is 9.65. The summed E-state index contributed by atoms with van der Waals surface area (Å²) >= 11 is 0.556. The van der Waals surface area contributed by atoms with E-state index in [9.17, 15) is 0 Å². The van der Waals surface area contributed by atoms with Crippen LogP contribution in [0.4, 0.5) is 22.7 Å². The Labute approximate surface area is 377 Å². The number of nitrogens with zero attached hydrogens (tertiary/aromatic N) is 4. The van der Waals surface area contributed by atoms with Crippen molar-refractivity contribution in [2.75, 3.05) is 18.3 Å². The van der Waals surface area contributed by atoms with Crippen LogP contribution in [0.2, 0.25) is 0 Å². The van der Waals surface area contributed by atoms with Crippen LogP contribution >= 0.6 is 0 Å². The zero-order valence-electron chi connectivity index (χ0n) is 39.5. The van der Waals surface area contributed by atoms with Crippen LogP contribution in [0, 0.1) is 0 Å². The first-order chi connectivity index (χ1) is 28.4. The van der Waals surface area contributed by atoms with E-state index in [2.05, 4.69) is 227 Å². The van der Waals surface area contributed by atoms with E-state index in [1.54, 1.807) is 0 Å². The Bertz CT molecular complexity index is 1850. The number of hydrogen-bond acceptors (Lipinski definition) is 4.